The molecule has 0 fully saturated rings. The van der Waals surface area contributed by atoms with Gasteiger partial charge in [0.1, 0.15) is 5.78 Å². The predicted octanol–water partition coefficient (Wildman–Crippen LogP) is 3.83. The number of alkyl halides is 3. The Hall–Kier alpha value is -3.17. The van der Waals surface area contributed by atoms with Crippen LogP contribution in [-0.2, 0) is 11.2 Å². The second kappa shape index (κ2) is 10.7. The summed E-state index contributed by atoms with van der Waals surface area (Å²) in [4.78, 5) is 32.4. The van der Waals surface area contributed by atoms with Crippen LogP contribution in [0.25, 0.3) is 0 Å². The van der Waals surface area contributed by atoms with Gasteiger partial charge in [0.15, 0.2) is 12.4 Å². The van der Waals surface area contributed by atoms with Crippen molar-refractivity contribution < 1.29 is 32.2 Å². The number of rotatable bonds is 10. The fourth-order valence-electron chi connectivity index (χ4n) is 2.74. The Kier molecular flexibility index (Phi) is 8.35. The number of ketones is 1. The van der Waals surface area contributed by atoms with Gasteiger partial charge < -0.3 is 14.8 Å². The summed E-state index contributed by atoms with van der Waals surface area (Å²) in [6, 6.07) is 4.01. The van der Waals surface area contributed by atoms with E-state index in [0.717, 1.165) is 6.42 Å². The fraction of sp³-hybridized carbons (Fsp3) is 0.429. The van der Waals surface area contributed by atoms with Gasteiger partial charge in [-0.25, -0.2) is 4.98 Å². The van der Waals surface area contributed by atoms with Crippen LogP contribution in [0.1, 0.15) is 54.3 Å². The quantitative estimate of drug-likeness (QED) is 0.605. The maximum atomic E-state index is 12.6. The standard InChI is InChI=1S/C21H24F3N3O4/c1-4-5-17(28)10-16-8-14(6-7-25-16)19(29)27-13(2)15-9-18(30-3)20(26-11-15)31-12-21(22,23)24/h6-9,11,13H,4-5,10,12H2,1-3H3,(H,27,29). The molecule has 7 nitrogen and oxygen atoms in total. The molecule has 168 valence electrons. The second-order valence-corrected chi connectivity index (χ2v) is 6.88. The Morgan fingerprint density at radius 2 is 1.97 bits per heavy atom. The molecule has 1 unspecified atom stereocenters. The molecule has 0 aliphatic rings. The van der Waals surface area contributed by atoms with E-state index in [0.29, 0.717) is 23.2 Å². The molecule has 0 aliphatic carbocycles. The van der Waals surface area contributed by atoms with Gasteiger partial charge in [0.2, 0.25) is 0 Å². The first-order valence-electron chi connectivity index (χ1n) is 9.64. The lowest BCUT2D eigenvalue weighted by Crippen LogP contribution is -2.27. The summed E-state index contributed by atoms with van der Waals surface area (Å²) in [6.45, 7) is 2.11. The zero-order chi connectivity index (χ0) is 23.0. The lowest BCUT2D eigenvalue weighted by atomic mass is 10.1. The molecule has 2 aromatic rings. The third-order valence-corrected chi connectivity index (χ3v) is 4.27. The molecule has 0 spiro atoms. The van der Waals surface area contributed by atoms with Gasteiger partial charge >= 0.3 is 6.18 Å². The van der Waals surface area contributed by atoms with E-state index in [1.165, 1.54) is 31.6 Å². The fourth-order valence-corrected chi connectivity index (χ4v) is 2.74. The summed E-state index contributed by atoms with van der Waals surface area (Å²) in [5.74, 6) is -0.622. The zero-order valence-corrected chi connectivity index (χ0v) is 17.5. The van der Waals surface area contributed by atoms with E-state index in [2.05, 4.69) is 20.0 Å². The van der Waals surface area contributed by atoms with E-state index in [-0.39, 0.29) is 23.8 Å². The number of aromatic nitrogens is 2. The Balaban J connectivity index is 2.08. The van der Waals surface area contributed by atoms with Crippen LogP contribution in [0.2, 0.25) is 0 Å². The number of pyridine rings is 2. The van der Waals surface area contributed by atoms with Gasteiger partial charge in [-0.15, -0.1) is 0 Å². The molecule has 31 heavy (non-hydrogen) atoms. The van der Waals surface area contributed by atoms with Crippen molar-refractivity contribution >= 4 is 11.7 Å². The van der Waals surface area contributed by atoms with E-state index < -0.39 is 24.7 Å². The lowest BCUT2D eigenvalue weighted by molar-refractivity contribution is -0.154. The Morgan fingerprint density at radius 3 is 2.61 bits per heavy atom. The zero-order valence-electron chi connectivity index (χ0n) is 17.5. The largest absolute Gasteiger partial charge is 0.491 e. The molecule has 0 aliphatic heterocycles. The molecule has 1 atom stereocenters. The number of nitrogens with one attached hydrogen (secondary N) is 1. The summed E-state index contributed by atoms with van der Waals surface area (Å²) in [5, 5.41) is 2.78. The summed E-state index contributed by atoms with van der Waals surface area (Å²) in [5.41, 5.74) is 1.36. The van der Waals surface area contributed by atoms with Crippen molar-refractivity contribution in [1.82, 2.24) is 15.3 Å². The average molecular weight is 439 g/mol. The predicted molar refractivity (Wildman–Crippen MR) is 106 cm³/mol. The third kappa shape index (κ3) is 7.54. The van der Waals surface area contributed by atoms with Crippen LogP contribution in [0.4, 0.5) is 13.2 Å². The molecule has 2 rings (SSSR count). The van der Waals surface area contributed by atoms with Gasteiger partial charge in [-0.2, -0.15) is 13.2 Å². The highest BCUT2D eigenvalue weighted by Gasteiger charge is 2.29. The average Bonchev–Trinajstić information content (AvgIpc) is 2.71. The number of halogens is 3. The van der Waals surface area contributed by atoms with E-state index in [1.807, 2.05) is 6.92 Å². The highest BCUT2D eigenvalue weighted by Crippen LogP contribution is 2.29. The van der Waals surface area contributed by atoms with Crippen LogP contribution >= 0.6 is 0 Å². The molecule has 1 N–H and O–H groups in total. The first-order chi connectivity index (χ1) is 14.6. The van der Waals surface area contributed by atoms with Crippen LogP contribution in [-0.4, -0.2) is 41.6 Å². The summed E-state index contributed by atoms with van der Waals surface area (Å²) >= 11 is 0. The summed E-state index contributed by atoms with van der Waals surface area (Å²) < 4.78 is 46.8. The molecule has 0 saturated carbocycles. The van der Waals surface area contributed by atoms with Crippen LogP contribution in [0, 0.1) is 0 Å². The van der Waals surface area contributed by atoms with Crippen molar-refractivity contribution in [2.75, 3.05) is 13.7 Å². The van der Waals surface area contributed by atoms with E-state index in [9.17, 15) is 22.8 Å². The number of carbonyl (C=O) groups excluding carboxylic acids is 2. The molecule has 2 heterocycles. The highest BCUT2D eigenvalue weighted by molar-refractivity contribution is 5.94. The molecule has 0 aromatic carbocycles. The molecule has 1 amide bonds. The second-order valence-electron chi connectivity index (χ2n) is 6.88. The monoisotopic (exact) mass is 439 g/mol. The van der Waals surface area contributed by atoms with Crippen molar-refractivity contribution in [3.63, 3.8) is 0 Å². The molecule has 10 heteroatoms. The molecule has 0 radical (unpaired) electrons. The van der Waals surface area contributed by atoms with Crippen LogP contribution in [0.3, 0.4) is 0 Å². The van der Waals surface area contributed by atoms with E-state index >= 15 is 0 Å². The van der Waals surface area contributed by atoms with Gasteiger partial charge in [0, 0.05) is 36.5 Å². The topological polar surface area (TPSA) is 90.4 Å². The number of ether oxygens (including phenoxy) is 2. The molecule has 0 saturated heterocycles. The minimum Gasteiger partial charge on any atom is -0.491 e. The van der Waals surface area contributed by atoms with Gasteiger partial charge in [0.25, 0.3) is 11.8 Å². The summed E-state index contributed by atoms with van der Waals surface area (Å²) in [7, 11) is 1.28. The smallest absolute Gasteiger partial charge is 0.422 e. The summed E-state index contributed by atoms with van der Waals surface area (Å²) in [6.07, 6.45) is -0.380. The normalized spacial score (nSPS) is 12.2. The number of Topliss-reactive ketones (excluding diaryl/α,β-unsaturated/α-hetero) is 1. The van der Waals surface area contributed by atoms with Crippen molar-refractivity contribution in [3.05, 3.63) is 47.4 Å². The van der Waals surface area contributed by atoms with Crippen molar-refractivity contribution in [1.29, 1.82) is 0 Å². The van der Waals surface area contributed by atoms with Crippen molar-refractivity contribution in [2.24, 2.45) is 0 Å². The van der Waals surface area contributed by atoms with E-state index in [4.69, 9.17) is 4.74 Å². The minimum atomic E-state index is -4.50. The Labute approximate surface area is 178 Å². The van der Waals surface area contributed by atoms with Gasteiger partial charge in [-0.1, -0.05) is 6.92 Å². The number of hydrogen-bond donors (Lipinski definition) is 1. The Morgan fingerprint density at radius 1 is 1.23 bits per heavy atom. The molecule has 2 aromatic heterocycles. The SMILES string of the molecule is CCCC(=O)Cc1cc(C(=O)NC(C)c2cnc(OCC(F)(F)F)c(OC)c2)ccn1. The Bertz CT molecular complexity index is 919. The van der Waals surface area contributed by atoms with Gasteiger partial charge in [-0.05, 0) is 37.1 Å². The number of nitrogens with zero attached hydrogens (tertiary/aromatic N) is 2. The number of carbonyl (C=O) groups is 2. The highest BCUT2D eigenvalue weighted by atomic mass is 19.4. The lowest BCUT2D eigenvalue weighted by Gasteiger charge is -2.17. The van der Waals surface area contributed by atoms with Crippen LogP contribution in [0.15, 0.2) is 30.6 Å². The molecular weight excluding hydrogens is 415 g/mol. The molecule has 0 bridgehead atoms. The minimum absolute atomic E-state index is 0.0171. The third-order valence-electron chi connectivity index (χ3n) is 4.27. The maximum Gasteiger partial charge on any atom is 0.422 e. The van der Waals surface area contributed by atoms with Crippen LogP contribution < -0.4 is 14.8 Å². The first-order valence-corrected chi connectivity index (χ1v) is 9.64. The number of amides is 1. The number of methoxy groups -OCH3 is 1. The molecular formula is C21H24F3N3O4. The maximum absolute atomic E-state index is 12.6. The van der Waals surface area contributed by atoms with Gasteiger partial charge in [0.05, 0.1) is 13.2 Å². The van der Waals surface area contributed by atoms with Crippen LogP contribution in [0.5, 0.6) is 11.6 Å². The van der Waals surface area contributed by atoms with E-state index in [1.54, 1.807) is 13.0 Å². The van der Waals surface area contributed by atoms with Crippen molar-refractivity contribution in [3.8, 4) is 11.6 Å². The number of hydrogen-bond acceptors (Lipinski definition) is 6. The van der Waals surface area contributed by atoms with Crippen molar-refractivity contribution in [2.45, 2.75) is 45.3 Å². The van der Waals surface area contributed by atoms with Gasteiger partial charge in [-0.3, -0.25) is 14.6 Å². The first kappa shape index (κ1) is 24.1.